The van der Waals surface area contributed by atoms with Crippen molar-refractivity contribution in [1.82, 2.24) is 5.43 Å². The summed E-state index contributed by atoms with van der Waals surface area (Å²) in [5.41, 5.74) is 4.40. The SMILES string of the molecule is COc1cc(C=NNC(=O)COc2ccc(F)cc2)ccc1OC(=O)c1ccc(C)cc1. The summed E-state index contributed by atoms with van der Waals surface area (Å²) in [5, 5.41) is 3.86. The third kappa shape index (κ3) is 6.40. The summed E-state index contributed by atoms with van der Waals surface area (Å²) in [4.78, 5) is 24.1. The molecule has 0 spiro atoms. The van der Waals surface area contributed by atoms with Crippen LogP contribution < -0.4 is 19.6 Å². The zero-order chi connectivity index (χ0) is 22.9. The highest BCUT2D eigenvalue weighted by Crippen LogP contribution is 2.28. The number of methoxy groups -OCH3 is 1. The number of benzene rings is 3. The number of carbonyl (C=O) groups excluding carboxylic acids is 2. The molecule has 3 aromatic rings. The number of esters is 1. The predicted octanol–water partition coefficient (Wildman–Crippen LogP) is 3.89. The number of nitrogens with one attached hydrogen (secondary N) is 1. The largest absolute Gasteiger partial charge is 0.493 e. The number of hydrazone groups is 1. The van der Waals surface area contributed by atoms with E-state index >= 15 is 0 Å². The fraction of sp³-hybridized carbons (Fsp3) is 0.125. The average molecular weight is 436 g/mol. The Morgan fingerprint density at radius 2 is 1.72 bits per heavy atom. The van der Waals surface area contributed by atoms with Crippen molar-refractivity contribution in [3.63, 3.8) is 0 Å². The number of amides is 1. The van der Waals surface area contributed by atoms with E-state index in [-0.39, 0.29) is 12.4 Å². The lowest BCUT2D eigenvalue weighted by atomic mass is 10.1. The molecule has 8 heteroatoms. The van der Waals surface area contributed by atoms with Crippen LogP contribution in [0.5, 0.6) is 17.2 Å². The monoisotopic (exact) mass is 436 g/mol. The minimum Gasteiger partial charge on any atom is -0.493 e. The van der Waals surface area contributed by atoms with Gasteiger partial charge in [-0.05, 0) is 67.1 Å². The van der Waals surface area contributed by atoms with Crippen LogP contribution in [0.25, 0.3) is 0 Å². The molecular formula is C24H21FN2O5. The second kappa shape index (κ2) is 10.7. The van der Waals surface area contributed by atoms with E-state index in [0.717, 1.165) is 5.56 Å². The van der Waals surface area contributed by atoms with Gasteiger partial charge in [-0.15, -0.1) is 0 Å². The molecule has 0 bridgehead atoms. The van der Waals surface area contributed by atoms with Crippen LogP contribution >= 0.6 is 0 Å². The van der Waals surface area contributed by atoms with Crippen molar-refractivity contribution in [3.05, 3.63) is 89.2 Å². The second-order valence-electron chi connectivity index (χ2n) is 6.70. The Morgan fingerprint density at radius 3 is 2.41 bits per heavy atom. The van der Waals surface area contributed by atoms with Crippen molar-refractivity contribution in [2.75, 3.05) is 13.7 Å². The number of hydrogen-bond donors (Lipinski definition) is 1. The molecular weight excluding hydrogens is 415 g/mol. The van der Waals surface area contributed by atoms with Crippen molar-refractivity contribution in [1.29, 1.82) is 0 Å². The molecule has 3 rings (SSSR count). The van der Waals surface area contributed by atoms with Gasteiger partial charge in [-0.2, -0.15) is 5.10 Å². The molecule has 0 aliphatic carbocycles. The van der Waals surface area contributed by atoms with Gasteiger partial charge >= 0.3 is 5.97 Å². The molecule has 0 radical (unpaired) electrons. The normalized spacial score (nSPS) is 10.6. The van der Waals surface area contributed by atoms with Crippen LogP contribution in [0.3, 0.4) is 0 Å². The molecule has 0 aliphatic heterocycles. The minimum atomic E-state index is -0.502. The highest BCUT2D eigenvalue weighted by Gasteiger charge is 2.12. The lowest BCUT2D eigenvalue weighted by Crippen LogP contribution is -2.24. The molecule has 0 heterocycles. The van der Waals surface area contributed by atoms with Gasteiger partial charge in [0.25, 0.3) is 5.91 Å². The van der Waals surface area contributed by atoms with E-state index in [1.54, 1.807) is 30.3 Å². The number of hydrogen-bond acceptors (Lipinski definition) is 6. The predicted molar refractivity (Wildman–Crippen MR) is 117 cm³/mol. The fourth-order valence-corrected chi connectivity index (χ4v) is 2.59. The average Bonchev–Trinajstić information content (AvgIpc) is 2.80. The number of nitrogens with zero attached hydrogens (tertiary/aromatic N) is 1. The Labute approximate surface area is 184 Å². The number of ether oxygens (including phenoxy) is 3. The summed E-state index contributed by atoms with van der Waals surface area (Å²) in [6.07, 6.45) is 1.41. The van der Waals surface area contributed by atoms with Gasteiger partial charge < -0.3 is 14.2 Å². The number of halogens is 1. The van der Waals surface area contributed by atoms with E-state index < -0.39 is 17.7 Å². The molecule has 1 amide bonds. The molecule has 0 atom stereocenters. The summed E-state index contributed by atoms with van der Waals surface area (Å²) < 4.78 is 28.8. The van der Waals surface area contributed by atoms with Crippen LogP contribution in [0, 0.1) is 12.7 Å². The van der Waals surface area contributed by atoms with Crippen molar-refractivity contribution < 1.29 is 28.2 Å². The van der Waals surface area contributed by atoms with Gasteiger partial charge in [0, 0.05) is 0 Å². The van der Waals surface area contributed by atoms with Gasteiger partial charge in [0.15, 0.2) is 18.1 Å². The van der Waals surface area contributed by atoms with Gasteiger partial charge in [0.2, 0.25) is 0 Å². The summed E-state index contributed by atoms with van der Waals surface area (Å²) in [5.74, 6) is -0.421. The van der Waals surface area contributed by atoms with Crippen LogP contribution in [0.15, 0.2) is 71.8 Å². The fourth-order valence-electron chi connectivity index (χ4n) is 2.59. The van der Waals surface area contributed by atoms with Crippen LogP contribution in [-0.4, -0.2) is 31.8 Å². The van der Waals surface area contributed by atoms with Crippen LogP contribution in [0.4, 0.5) is 4.39 Å². The molecule has 0 saturated carbocycles. The lowest BCUT2D eigenvalue weighted by molar-refractivity contribution is -0.123. The van der Waals surface area contributed by atoms with Crippen LogP contribution in [-0.2, 0) is 4.79 Å². The Balaban J connectivity index is 1.55. The molecule has 1 N–H and O–H groups in total. The Morgan fingerprint density at radius 1 is 1.00 bits per heavy atom. The molecule has 0 aromatic heterocycles. The number of aryl methyl sites for hydroxylation is 1. The number of carbonyl (C=O) groups is 2. The molecule has 0 fully saturated rings. The van der Waals surface area contributed by atoms with E-state index in [1.165, 1.54) is 37.6 Å². The highest BCUT2D eigenvalue weighted by molar-refractivity contribution is 5.91. The third-order valence-corrected chi connectivity index (χ3v) is 4.26. The van der Waals surface area contributed by atoms with E-state index in [0.29, 0.717) is 22.6 Å². The van der Waals surface area contributed by atoms with Gasteiger partial charge in [-0.25, -0.2) is 14.6 Å². The first-order chi connectivity index (χ1) is 15.4. The summed E-state index contributed by atoms with van der Waals surface area (Å²) in [7, 11) is 1.45. The third-order valence-electron chi connectivity index (χ3n) is 4.26. The van der Waals surface area contributed by atoms with Crippen molar-refractivity contribution in [2.24, 2.45) is 5.10 Å². The van der Waals surface area contributed by atoms with Crippen LogP contribution in [0.1, 0.15) is 21.5 Å². The quantitative estimate of drug-likeness (QED) is 0.251. The van der Waals surface area contributed by atoms with Crippen molar-refractivity contribution >= 4 is 18.1 Å². The first kappa shape index (κ1) is 22.5. The van der Waals surface area contributed by atoms with Crippen molar-refractivity contribution in [3.8, 4) is 17.2 Å². The summed E-state index contributed by atoms with van der Waals surface area (Å²) in [6.45, 7) is 1.65. The zero-order valence-corrected chi connectivity index (χ0v) is 17.5. The topological polar surface area (TPSA) is 86.2 Å². The minimum absolute atomic E-state index is 0.256. The molecule has 0 aliphatic rings. The van der Waals surface area contributed by atoms with E-state index in [9.17, 15) is 14.0 Å². The Bertz CT molecular complexity index is 1110. The maximum atomic E-state index is 12.9. The van der Waals surface area contributed by atoms with Crippen LogP contribution in [0.2, 0.25) is 0 Å². The number of rotatable bonds is 8. The maximum Gasteiger partial charge on any atom is 0.343 e. The Kier molecular flexibility index (Phi) is 7.53. The molecule has 32 heavy (non-hydrogen) atoms. The van der Waals surface area contributed by atoms with Gasteiger partial charge in [-0.3, -0.25) is 4.79 Å². The summed E-state index contributed by atoms with van der Waals surface area (Å²) >= 11 is 0. The van der Waals surface area contributed by atoms with E-state index in [4.69, 9.17) is 14.2 Å². The standard InChI is InChI=1S/C24H21FN2O5/c1-16-3-6-18(7-4-16)24(29)32-21-12-5-17(13-22(21)30-2)14-26-27-23(28)15-31-20-10-8-19(25)9-11-20/h3-14H,15H2,1-2H3,(H,27,28). The molecule has 0 saturated heterocycles. The van der Waals surface area contributed by atoms with Gasteiger partial charge in [0.05, 0.1) is 18.9 Å². The molecule has 164 valence electrons. The zero-order valence-electron chi connectivity index (χ0n) is 17.5. The second-order valence-corrected chi connectivity index (χ2v) is 6.70. The lowest BCUT2D eigenvalue weighted by Gasteiger charge is -2.10. The van der Waals surface area contributed by atoms with E-state index in [1.807, 2.05) is 19.1 Å². The van der Waals surface area contributed by atoms with Gasteiger partial charge in [-0.1, -0.05) is 17.7 Å². The first-order valence-electron chi connectivity index (χ1n) is 9.62. The highest BCUT2D eigenvalue weighted by atomic mass is 19.1. The maximum absolute atomic E-state index is 12.9. The smallest absolute Gasteiger partial charge is 0.343 e. The molecule has 3 aromatic carbocycles. The first-order valence-corrected chi connectivity index (χ1v) is 9.62. The van der Waals surface area contributed by atoms with Gasteiger partial charge in [0.1, 0.15) is 11.6 Å². The van der Waals surface area contributed by atoms with Crippen molar-refractivity contribution in [2.45, 2.75) is 6.92 Å². The van der Waals surface area contributed by atoms with E-state index in [2.05, 4.69) is 10.5 Å². The molecule has 7 nitrogen and oxygen atoms in total. The summed E-state index contributed by atoms with van der Waals surface area (Å²) in [6, 6.07) is 17.2. The molecule has 0 unspecified atom stereocenters. The Hall–Kier alpha value is -4.20.